The summed E-state index contributed by atoms with van der Waals surface area (Å²) in [4.78, 5) is 17.0. The summed E-state index contributed by atoms with van der Waals surface area (Å²) in [5.41, 5.74) is 0.0512. The lowest BCUT2D eigenvalue weighted by Gasteiger charge is -1.85. The van der Waals surface area contributed by atoms with Crippen molar-refractivity contribution >= 4 is 23.5 Å². The van der Waals surface area contributed by atoms with Crippen LogP contribution in [-0.2, 0) is 6.54 Å². The molecule has 1 aliphatic heterocycles. The Morgan fingerprint density at radius 3 is 3.24 bits per heavy atom. The van der Waals surface area contributed by atoms with Gasteiger partial charge in [-0.05, 0) is 24.3 Å². The average Bonchev–Trinajstić information content (AvgIpc) is 3.00. The van der Waals surface area contributed by atoms with E-state index in [1.807, 2.05) is 24.3 Å². The van der Waals surface area contributed by atoms with Crippen LogP contribution in [0.2, 0.25) is 0 Å². The number of thiazole rings is 1. The second-order valence-electron chi connectivity index (χ2n) is 3.63. The summed E-state index contributed by atoms with van der Waals surface area (Å²) in [5.74, 6) is 0.773. The van der Waals surface area contributed by atoms with Crippen molar-refractivity contribution in [3.63, 3.8) is 0 Å². The van der Waals surface area contributed by atoms with Crippen LogP contribution in [0, 0.1) is 0 Å². The molecule has 0 atom stereocenters. The summed E-state index contributed by atoms with van der Waals surface area (Å²) < 4.78 is 7.59. The van der Waals surface area contributed by atoms with Crippen molar-refractivity contribution in [2.24, 2.45) is 4.99 Å². The Kier molecular flexibility index (Phi) is 2.53. The molecule has 0 unspecified atom stereocenters. The summed E-state index contributed by atoms with van der Waals surface area (Å²) in [6.45, 7) is 1.43. The summed E-state index contributed by atoms with van der Waals surface area (Å²) in [6, 6.07) is 3.69. The predicted molar refractivity (Wildman–Crippen MR) is 66.4 cm³/mol. The number of fused-ring (bicyclic) bond motifs is 1. The molecule has 1 aliphatic rings. The molecule has 2 aromatic heterocycles. The molecule has 2 aromatic rings. The first-order valence-corrected chi connectivity index (χ1v) is 6.12. The molecule has 86 valence electrons. The lowest BCUT2D eigenvalue weighted by atomic mass is 10.4. The number of allylic oxidation sites excluding steroid dienone is 1. The molecule has 0 radical (unpaired) electrons. The standard InChI is InChI=1S/C12H10N2O2S/c15-11-10(17-12-13-6-7-14(11)12)5-1-3-9-4-2-8-16-9/h1-5,8H,6-7H2/b3-1+,10-5+. The lowest BCUT2D eigenvalue weighted by molar-refractivity contribution is 0.557. The van der Waals surface area contributed by atoms with Crippen molar-refractivity contribution in [3.05, 3.63) is 49.9 Å². The molecule has 0 aromatic carbocycles. The highest BCUT2D eigenvalue weighted by molar-refractivity contribution is 7.07. The maximum absolute atomic E-state index is 11.9. The molecule has 0 fully saturated rings. The van der Waals surface area contributed by atoms with Crippen LogP contribution < -0.4 is 14.9 Å². The van der Waals surface area contributed by atoms with E-state index in [0.29, 0.717) is 11.1 Å². The first kappa shape index (κ1) is 10.3. The molecule has 17 heavy (non-hydrogen) atoms. The largest absolute Gasteiger partial charge is 0.465 e. The first-order valence-electron chi connectivity index (χ1n) is 5.30. The minimum atomic E-state index is 0.0512. The quantitative estimate of drug-likeness (QED) is 0.780. The Hall–Kier alpha value is -1.88. The Labute approximate surface area is 101 Å². The molecule has 0 spiro atoms. The minimum Gasteiger partial charge on any atom is -0.465 e. The van der Waals surface area contributed by atoms with Crippen LogP contribution in [0.25, 0.3) is 12.2 Å². The molecule has 0 amide bonds. The first-order chi connectivity index (χ1) is 8.34. The van der Waals surface area contributed by atoms with Crippen LogP contribution in [0.15, 0.2) is 38.7 Å². The number of furan rings is 1. The monoisotopic (exact) mass is 246 g/mol. The molecule has 0 N–H and O–H groups in total. The highest BCUT2D eigenvalue weighted by atomic mass is 32.1. The van der Waals surface area contributed by atoms with Gasteiger partial charge in [-0.1, -0.05) is 17.4 Å². The summed E-state index contributed by atoms with van der Waals surface area (Å²) >= 11 is 1.43. The second kappa shape index (κ2) is 4.18. The molecule has 5 heteroatoms. The van der Waals surface area contributed by atoms with Crippen LogP contribution in [0.5, 0.6) is 0 Å². The molecule has 0 bridgehead atoms. The van der Waals surface area contributed by atoms with Gasteiger partial charge in [0.25, 0.3) is 5.56 Å². The fourth-order valence-electron chi connectivity index (χ4n) is 1.70. The smallest absolute Gasteiger partial charge is 0.270 e. The third-order valence-electron chi connectivity index (χ3n) is 2.51. The van der Waals surface area contributed by atoms with Crippen LogP contribution in [-0.4, -0.2) is 11.1 Å². The Bertz CT molecular complexity index is 720. The Morgan fingerprint density at radius 2 is 2.47 bits per heavy atom. The molecule has 4 nitrogen and oxygen atoms in total. The van der Waals surface area contributed by atoms with E-state index >= 15 is 0 Å². The number of hydrogen-bond donors (Lipinski definition) is 0. The van der Waals surface area contributed by atoms with Gasteiger partial charge < -0.3 is 4.42 Å². The summed E-state index contributed by atoms with van der Waals surface area (Å²) in [6.07, 6.45) is 7.07. The third-order valence-corrected chi connectivity index (χ3v) is 3.57. The van der Waals surface area contributed by atoms with E-state index in [9.17, 15) is 4.79 Å². The van der Waals surface area contributed by atoms with Gasteiger partial charge in [-0.15, -0.1) is 0 Å². The van der Waals surface area contributed by atoms with E-state index in [2.05, 4.69) is 4.99 Å². The van der Waals surface area contributed by atoms with Crippen molar-refractivity contribution in [2.75, 3.05) is 6.54 Å². The lowest BCUT2D eigenvalue weighted by Crippen LogP contribution is -2.29. The fourth-order valence-corrected chi connectivity index (χ4v) is 2.68. The van der Waals surface area contributed by atoms with Gasteiger partial charge in [-0.2, -0.15) is 0 Å². The van der Waals surface area contributed by atoms with Crippen LogP contribution in [0.4, 0.5) is 0 Å². The zero-order valence-electron chi connectivity index (χ0n) is 9.00. The Morgan fingerprint density at radius 1 is 1.53 bits per heavy atom. The van der Waals surface area contributed by atoms with Gasteiger partial charge in [0.1, 0.15) is 5.76 Å². The van der Waals surface area contributed by atoms with E-state index in [1.54, 1.807) is 16.9 Å². The third kappa shape index (κ3) is 1.89. The van der Waals surface area contributed by atoms with E-state index in [0.717, 1.165) is 17.1 Å². The predicted octanol–water partition coefficient (Wildman–Crippen LogP) is 0.630. The van der Waals surface area contributed by atoms with Crippen molar-refractivity contribution in [1.29, 1.82) is 0 Å². The minimum absolute atomic E-state index is 0.0512. The maximum atomic E-state index is 11.9. The van der Waals surface area contributed by atoms with Gasteiger partial charge in [-0.25, -0.2) is 0 Å². The van der Waals surface area contributed by atoms with Crippen molar-refractivity contribution in [1.82, 2.24) is 4.57 Å². The van der Waals surface area contributed by atoms with Gasteiger partial charge in [0.05, 0.1) is 17.3 Å². The SMILES string of the molecule is O=c1/c(=C\C=C\c2ccco2)sc2n1CCN=2. The van der Waals surface area contributed by atoms with E-state index in [4.69, 9.17) is 4.42 Å². The molecular weight excluding hydrogens is 236 g/mol. The van der Waals surface area contributed by atoms with Gasteiger partial charge in [0, 0.05) is 6.54 Å². The maximum Gasteiger partial charge on any atom is 0.270 e. The van der Waals surface area contributed by atoms with Gasteiger partial charge in [0.15, 0.2) is 4.80 Å². The van der Waals surface area contributed by atoms with Gasteiger partial charge in [-0.3, -0.25) is 14.4 Å². The zero-order valence-corrected chi connectivity index (χ0v) is 9.81. The Balaban J connectivity index is 1.98. The number of hydrogen-bond acceptors (Lipinski definition) is 4. The fraction of sp³-hybridized carbons (Fsp3) is 0.167. The molecule has 0 saturated heterocycles. The highest BCUT2D eigenvalue weighted by Gasteiger charge is 2.08. The van der Waals surface area contributed by atoms with Crippen molar-refractivity contribution in [3.8, 4) is 0 Å². The average molecular weight is 246 g/mol. The topological polar surface area (TPSA) is 47.5 Å². The van der Waals surface area contributed by atoms with E-state index in [1.165, 1.54) is 11.3 Å². The second-order valence-corrected chi connectivity index (χ2v) is 4.64. The van der Waals surface area contributed by atoms with Gasteiger partial charge >= 0.3 is 0 Å². The van der Waals surface area contributed by atoms with Crippen LogP contribution in [0.3, 0.4) is 0 Å². The summed E-state index contributed by atoms with van der Waals surface area (Å²) in [5, 5.41) is 0. The van der Waals surface area contributed by atoms with Crippen molar-refractivity contribution in [2.45, 2.75) is 6.54 Å². The van der Waals surface area contributed by atoms with E-state index in [-0.39, 0.29) is 5.56 Å². The molecule has 3 rings (SSSR count). The highest BCUT2D eigenvalue weighted by Crippen LogP contribution is 2.01. The number of aromatic nitrogens is 1. The van der Waals surface area contributed by atoms with Crippen LogP contribution in [0.1, 0.15) is 5.76 Å². The molecular formula is C12H10N2O2S. The summed E-state index contributed by atoms with van der Waals surface area (Å²) in [7, 11) is 0. The van der Waals surface area contributed by atoms with Gasteiger partial charge in [0.2, 0.25) is 0 Å². The molecule has 3 heterocycles. The molecule has 0 aliphatic carbocycles. The number of rotatable bonds is 2. The number of nitrogens with zero attached hydrogens (tertiary/aromatic N) is 2. The normalized spacial score (nSPS) is 15.4. The molecule has 0 saturated carbocycles. The van der Waals surface area contributed by atoms with E-state index < -0.39 is 0 Å². The van der Waals surface area contributed by atoms with Crippen molar-refractivity contribution < 1.29 is 4.42 Å². The van der Waals surface area contributed by atoms with Crippen LogP contribution >= 0.6 is 11.3 Å². The zero-order chi connectivity index (χ0) is 11.7.